The van der Waals surface area contributed by atoms with Gasteiger partial charge >= 0.3 is 0 Å². The molecule has 0 aromatic heterocycles. The second-order valence-electron chi connectivity index (χ2n) is 4.94. The quantitative estimate of drug-likeness (QED) is 0.813. The maximum Gasteiger partial charge on any atom is 0.224 e. The maximum atomic E-state index is 11.9. The van der Waals surface area contributed by atoms with Gasteiger partial charge in [0.1, 0.15) is 0 Å². The minimum atomic E-state index is 0.0638. The third-order valence-corrected chi connectivity index (χ3v) is 3.08. The van der Waals surface area contributed by atoms with Crippen LogP contribution in [-0.4, -0.2) is 5.91 Å². The topological polar surface area (TPSA) is 20.3 Å². The minimum absolute atomic E-state index is 0.0638. The van der Waals surface area contributed by atoms with Crippen molar-refractivity contribution in [3.63, 3.8) is 0 Å². The molecule has 19 heavy (non-hydrogen) atoms. The van der Waals surface area contributed by atoms with Crippen LogP contribution < -0.4 is 4.90 Å². The summed E-state index contributed by atoms with van der Waals surface area (Å²) in [7, 11) is 0. The van der Waals surface area contributed by atoms with Gasteiger partial charge in [0.15, 0.2) is 0 Å². The number of carbonyl (C=O) groups excluding carboxylic acids is 1. The van der Waals surface area contributed by atoms with Gasteiger partial charge in [-0.15, -0.1) is 0 Å². The van der Waals surface area contributed by atoms with E-state index < -0.39 is 0 Å². The highest BCUT2D eigenvalue weighted by Gasteiger charge is 2.12. The lowest BCUT2D eigenvalue weighted by atomic mass is 10.1. The number of rotatable bonds is 3. The molecule has 0 aliphatic heterocycles. The van der Waals surface area contributed by atoms with Gasteiger partial charge in [-0.05, 0) is 42.7 Å². The largest absolute Gasteiger partial charge is 0.308 e. The van der Waals surface area contributed by atoms with Gasteiger partial charge < -0.3 is 4.90 Å². The number of aryl methyl sites for hydroxylation is 2. The van der Waals surface area contributed by atoms with E-state index in [0.717, 1.165) is 11.3 Å². The highest BCUT2D eigenvalue weighted by molar-refractivity contribution is 5.91. The molecule has 2 heteroatoms. The van der Waals surface area contributed by atoms with Gasteiger partial charge in [-0.1, -0.05) is 36.4 Å². The Morgan fingerprint density at radius 2 is 1.58 bits per heavy atom. The molecular formula is C17H19NO. The summed E-state index contributed by atoms with van der Waals surface area (Å²) in [6, 6.07) is 16.3. The normalized spacial score (nSPS) is 10.3. The van der Waals surface area contributed by atoms with Crippen LogP contribution in [0.3, 0.4) is 0 Å². The Bertz CT molecular complexity index is 555. The molecule has 0 heterocycles. The van der Waals surface area contributed by atoms with E-state index in [9.17, 15) is 4.79 Å². The van der Waals surface area contributed by atoms with E-state index in [0.29, 0.717) is 6.54 Å². The zero-order valence-electron chi connectivity index (χ0n) is 11.7. The van der Waals surface area contributed by atoms with E-state index >= 15 is 0 Å². The van der Waals surface area contributed by atoms with Crippen LogP contribution >= 0.6 is 0 Å². The molecule has 0 aliphatic carbocycles. The molecule has 2 rings (SSSR count). The summed E-state index contributed by atoms with van der Waals surface area (Å²) in [5.41, 5.74) is 4.45. The molecule has 1 amide bonds. The zero-order chi connectivity index (χ0) is 13.8. The van der Waals surface area contributed by atoms with Crippen molar-refractivity contribution in [1.82, 2.24) is 0 Å². The predicted octanol–water partition coefficient (Wildman–Crippen LogP) is 3.86. The summed E-state index contributed by atoms with van der Waals surface area (Å²) < 4.78 is 0. The molecule has 98 valence electrons. The van der Waals surface area contributed by atoms with Gasteiger partial charge in [0.05, 0.1) is 6.54 Å². The third kappa shape index (κ3) is 3.44. The molecule has 0 N–H and O–H groups in total. The average Bonchev–Trinajstić information content (AvgIpc) is 2.35. The molecule has 0 aliphatic rings. The van der Waals surface area contributed by atoms with Crippen LogP contribution in [0.5, 0.6) is 0 Å². The van der Waals surface area contributed by atoms with E-state index in [-0.39, 0.29) is 5.91 Å². The van der Waals surface area contributed by atoms with Gasteiger partial charge in [-0.25, -0.2) is 0 Å². The summed E-state index contributed by atoms with van der Waals surface area (Å²) in [4.78, 5) is 13.7. The average molecular weight is 253 g/mol. The van der Waals surface area contributed by atoms with Crippen LogP contribution in [0.4, 0.5) is 5.69 Å². The van der Waals surface area contributed by atoms with E-state index in [1.165, 1.54) is 11.1 Å². The van der Waals surface area contributed by atoms with E-state index in [2.05, 4.69) is 32.0 Å². The Morgan fingerprint density at radius 3 is 2.11 bits per heavy atom. The first kappa shape index (κ1) is 13.3. The van der Waals surface area contributed by atoms with Crippen molar-refractivity contribution in [1.29, 1.82) is 0 Å². The predicted molar refractivity (Wildman–Crippen MR) is 79.2 cm³/mol. The summed E-state index contributed by atoms with van der Waals surface area (Å²) in [6.07, 6.45) is 0. The van der Waals surface area contributed by atoms with Crippen LogP contribution in [0, 0.1) is 13.8 Å². The molecule has 2 nitrogen and oxygen atoms in total. The molecular weight excluding hydrogens is 234 g/mol. The molecule has 2 aromatic rings. The van der Waals surface area contributed by atoms with Gasteiger partial charge in [-0.3, -0.25) is 4.79 Å². The molecule has 0 spiro atoms. The van der Waals surface area contributed by atoms with Crippen LogP contribution in [0.15, 0.2) is 48.5 Å². The summed E-state index contributed by atoms with van der Waals surface area (Å²) in [5.74, 6) is 0.0638. The summed E-state index contributed by atoms with van der Waals surface area (Å²) in [6.45, 7) is 6.33. The van der Waals surface area contributed by atoms with Gasteiger partial charge in [0.25, 0.3) is 0 Å². The first-order valence-corrected chi connectivity index (χ1v) is 6.46. The van der Waals surface area contributed by atoms with Crippen LogP contribution in [0.2, 0.25) is 0 Å². The highest BCUT2D eigenvalue weighted by Crippen LogP contribution is 2.21. The van der Waals surface area contributed by atoms with E-state index in [1.54, 1.807) is 6.92 Å². The van der Waals surface area contributed by atoms with Crippen LogP contribution in [-0.2, 0) is 11.3 Å². The van der Waals surface area contributed by atoms with Crippen molar-refractivity contribution in [3.8, 4) is 0 Å². The molecule has 0 saturated heterocycles. The number of nitrogens with zero attached hydrogens (tertiary/aromatic N) is 1. The molecule has 0 saturated carbocycles. The highest BCUT2D eigenvalue weighted by atomic mass is 16.2. The summed E-state index contributed by atoms with van der Waals surface area (Å²) >= 11 is 0. The second-order valence-corrected chi connectivity index (χ2v) is 4.94. The Hall–Kier alpha value is -2.09. The van der Waals surface area contributed by atoms with Gasteiger partial charge in [0.2, 0.25) is 5.91 Å². The van der Waals surface area contributed by atoms with Crippen molar-refractivity contribution in [3.05, 3.63) is 65.2 Å². The zero-order valence-corrected chi connectivity index (χ0v) is 11.7. The van der Waals surface area contributed by atoms with Gasteiger partial charge in [-0.2, -0.15) is 0 Å². The first-order valence-electron chi connectivity index (χ1n) is 6.46. The lowest BCUT2D eigenvalue weighted by molar-refractivity contribution is -0.116. The number of anilines is 1. The summed E-state index contributed by atoms with van der Waals surface area (Å²) in [5, 5.41) is 0. The Kier molecular flexibility index (Phi) is 4.00. The number of benzene rings is 2. The molecule has 2 aromatic carbocycles. The van der Waals surface area contributed by atoms with E-state index in [4.69, 9.17) is 0 Å². The molecule has 0 atom stereocenters. The Labute approximate surface area is 114 Å². The fourth-order valence-electron chi connectivity index (χ4n) is 2.26. The molecule has 0 unspecified atom stereocenters. The number of carbonyl (C=O) groups is 1. The molecule has 0 fully saturated rings. The fourth-order valence-corrected chi connectivity index (χ4v) is 2.26. The van der Waals surface area contributed by atoms with Crippen molar-refractivity contribution >= 4 is 11.6 Å². The standard InChI is InChI=1S/C17H19NO/c1-13-9-14(2)11-17(10-13)18(15(3)19)12-16-7-5-4-6-8-16/h4-11H,12H2,1-3H3. The molecule has 0 radical (unpaired) electrons. The van der Waals surface area contributed by atoms with Crippen molar-refractivity contribution in [2.75, 3.05) is 4.90 Å². The SMILES string of the molecule is CC(=O)N(Cc1ccccc1)c1cc(C)cc(C)c1. The molecule has 0 bridgehead atoms. The fraction of sp³-hybridized carbons (Fsp3) is 0.235. The monoisotopic (exact) mass is 253 g/mol. The Morgan fingerprint density at radius 1 is 1.00 bits per heavy atom. The van der Waals surface area contributed by atoms with Crippen LogP contribution in [0.1, 0.15) is 23.6 Å². The van der Waals surface area contributed by atoms with Crippen LogP contribution in [0.25, 0.3) is 0 Å². The van der Waals surface area contributed by atoms with E-state index in [1.807, 2.05) is 35.2 Å². The first-order chi connectivity index (χ1) is 9.06. The number of hydrogen-bond donors (Lipinski definition) is 0. The van der Waals surface area contributed by atoms with Crippen molar-refractivity contribution in [2.24, 2.45) is 0 Å². The second kappa shape index (κ2) is 5.70. The smallest absolute Gasteiger partial charge is 0.224 e. The number of amides is 1. The Balaban J connectivity index is 2.32. The number of hydrogen-bond acceptors (Lipinski definition) is 1. The van der Waals surface area contributed by atoms with Gasteiger partial charge in [0, 0.05) is 12.6 Å². The van der Waals surface area contributed by atoms with Crippen molar-refractivity contribution in [2.45, 2.75) is 27.3 Å². The third-order valence-electron chi connectivity index (χ3n) is 3.08. The minimum Gasteiger partial charge on any atom is -0.308 e. The maximum absolute atomic E-state index is 11.9. The lowest BCUT2D eigenvalue weighted by Crippen LogP contribution is -2.27. The lowest BCUT2D eigenvalue weighted by Gasteiger charge is -2.22. The van der Waals surface area contributed by atoms with Crippen molar-refractivity contribution < 1.29 is 4.79 Å².